The van der Waals surface area contributed by atoms with Gasteiger partial charge in [0.15, 0.2) is 23.0 Å². The minimum atomic E-state index is -0.563. The van der Waals surface area contributed by atoms with Gasteiger partial charge in [0.1, 0.15) is 72.0 Å². The predicted octanol–water partition coefficient (Wildman–Crippen LogP) is 17.5. The number of carbonyl (C=O) groups excluding carboxylic acids is 6. The second-order valence-corrected chi connectivity index (χ2v) is 33.9. The third kappa shape index (κ3) is 24.3. The number of esters is 4. The predicted molar refractivity (Wildman–Crippen MR) is 508 cm³/mol. The number of halogens is 4. The van der Waals surface area contributed by atoms with E-state index in [1.165, 1.54) is 53.2 Å². The average molecular weight is 1970 g/mol. The summed E-state index contributed by atoms with van der Waals surface area (Å²) >= 11 is 6.55. The minimum absolute atomic E-state index is 0.0303. The van der Waals surface area contributed by atoms with Crippen molar-refractivity contribution in [1.29, 1.82) is 0 Å². The molecule has 14 rings (SSSR count). The molecule has 0 fully saturated rings. The summed E-state index contributed by atoms with van der Waals surface area (Å²) in [5.41, 5.74) is 13.0. The SMILES string of the molecule is C=Cc1c(C)c2cc3nc(c(CC(=O)OC)c4[nH]c(cc5nc(cc1[nH]2)C(C)=C5CC)c(C)c4C(=O)NCCOCCOCCNC(=O)c1cc(OCc2cn(CCCCCC(=O)Oc4cc5ncnc(Nc6ccc(Br)cc6F)c5cc4OC)nn2)cc(OCc2cn(CCCCCC(=O)Oc4cc5ncnc(Nc6ccc(Br)cc6F)c5cc4OC)nn2)c1)[C@@H](CCC(=O)OC)[C@@H]3C. The second-order valence-electron chi connectivity index (χ2n) is 32.1. The molecule has 2 aliphatic rings. The first-order valence-corrected chi connectivity index (χ1v) is 45.6. The lowest BCUT2D eigenvalue weighted by Gasteiger charge is -2.18. The van der Waals surface area contributed by atoms with Crippen LogP contribution in [-0.4, -0.2) is 174 Å². The van der Waals surface area contributed by atoms with Gasteiger partial charge in [-0.2, -0.15) is 0 Å². The summed E-state index contributed by atoms with van der Waals surface area (Å²) in [5, 5.41) is 30.3. The minimum Gasteiger partial charge on any atom is -0.493 e. The highest BCUT2D eigenvalue weighted by molar-refractivity contribution is 9.10. The molecule has 0 saturated heterocycles. The van der Waals surface area contributed by atoms with Crippen LogP contribution >= 0.6 is 31.9 Å². The van der Waals surface area contributed by atoms with Crippen molar-refractivity contribution in [2.24, 2.45) is 0 Å². The van der Waals surface area contributed by atoms with Crippen LogP contribution in [0, 0.1) is 25.5 Å². The maximum atomic E-state index is 14.9. The lowest BCUT2D eigenvalue weighted by atomic mass is 9.85. The first kappa shape index (κ1) is 97.1. The van der Waals surface area contributed by atoms with Crippen LogP contribution in [0.4, 0.5) is 31.8 Å². The molecule has 0 aliphatic carbocycles. The number of aryl methyl sites for hydroxylation is 4. The van der Waals surface area contributed by atoms with Gasteiger partial charge in [0.05, 0.1) is 124 Å². The highest BCUT2D eigenvalue weighted by atomic mass is 79.9. The van der Waals surface area contributed by atoms with Gasteiger partial charge in [0.2, 0.25) is 0 Å². The van der Waals surface area contributed by atoms with Gasteiger partial charge >= 0.3 is 23.9 Å². The van der Waals surface area contributed by atoms with Gasteiger partial charge in [-0.05, 0) is 160 Å². The molecule has 12 aromatic rings. The Hall–Kier alpha value is -14.0. The summed E-state index contributed by atoms with van der Waals surface area (Å²) in [5.74, 6) is -2.34. The van der Waals surface area contributed by atoms with Gasteiger partial charge in [0, 0.05) is 134 Å². The fraction of sp³-hybridized carbons (Fsp3) is 0.340. The maximum absolute atomic E-state index is 14.9. The number of carbonyl (C=O) groups is 6. The number of hydrogen-bond donors (Lipinski definition) is 6. The number of aromatic amines is 2. The molecular formula is C97H102Br2F2N18O16. The van der Waals surface area contributed by atoms with Crippen molar-refractivity contribution >= 4 is 152 Å². The summed E-state index contributed by atoms with van der Waals surface area (Å²) in [6.45, 7) is 15.8. The number of aromatic nitrogens is 14. The van der Waals surface area contributed by atoms with Crippen LogP contribution in [0.3, 0.4) is 0 Å². The number of nitrogens with zero attached hydrogens (tertiary/aromatic N) is 12. The molecule has 0 spiro atoms. The molecule has 8 bridgehead atoms. The molecule has 38 heteroatoms. The van der Waals surface area contributed by atoms with Gasteiger partial charge in [-0.25, -0.2) is 33.7 Å². The van der Waals surface area contributed by atoms with Crippen molar-refractivity contribution in [2.45, 2.75) is 150 Å². The molecule has 9 heterocycles. The molecule has 0 radical (unpaired) electrons. The van der Waals surface area contributed by atoms with Crippen molar-refractivity contribution in [1.82, 2.24) is 80.5 Å². The van der Waals surface area contributed by atoms with E-state index >= 15 is 0 Å². The van der Waals surface area contributed by atoms with E-state index in [1.807, 2.05) is 52.0 Å². The Bertz CT molecular complexity index is 6430. The highest BCUT2D eigenvalue weighted by Crippen LogP contribution is 2.45. The standard InChI is InChI=1S/C97H102Br2F2N18O16/c1-11-65-54(3)75-43-77-56(5)67(23-26-87(120)128-9)92(110-77)70(42-90(123)129-10)93-91(57(6)78(111-93)45-82-66(12-2)55(4)76(109-82)44-81(65)108-75)97(125)103-28-32-131-34-33-130-31-27-102-96(124)58-35-63(132-50-61-48-118(116-114-61)29-17-13-15-19-88(121)134-85-46-79-68(40-83(85)126-7)94(106-52-104-79)112-73-24-21-59(98)37-71(73)100)39-64(36-58)133-51-62-49-119(117-115-62)30-18-14-16-20-89(122)135-86-47-80-69(41-84(86)127-8)95(107-53-105-80)113-74-25-22-60(99)38-72(74)101/h11,21-22,24-25,35-41,43-49,52-53,56,67,108,111H,1,12-20,23,26-34,42,50-51H2,2-10H3,(H,102,124)(H,103,125)(H,104,106,112)(H,105,107,113)/t56-,67-/m0/s1. The molecule has 0 saturated carbocycles. The smallest absolute Gasteiger partial charge is 0.311 e. The Morgan fingerprint density at radius 3 is 1.63 bits per heavy atom. The van der Waals surface area contributed by atoms with Crippen molar-refractivity contribution in [3.8, 4) is 34.5 Å². The maximum Gasteiger partial charge on any atom is 0.311 e. The summed E-state index contributed by atoms with van der Waals surface area (Å²) in [7, 11) is 5.54. The van der Waals surface area contributed by atoms with E-state index < -0.39 is 53.2 Å². The number of methoxy groups -OCH3 is 4. The summed E-state index contributed by atoms with van der Waals surface area (Å²) in [6, 6.07) is 26.4. The first-order valence-electron chi connectivity index (χ1n) is 44.0. The molecule has 2 atom stereocenters. The van der Waals surface area contributed by atoms with E-state index in [-0.39, 0.29) is 141 Å². The number of anilines is 4. The van der Waals surface area contributed by atoms with E-state index in [1.54, 1.807) is 88.5 Å². The molecule has 2 aliphatic heterocycles. The number of H-pyrrole nitrogens is 2. The first-order chi connectivity index (χ1) is 65.4. The Morgan fingerprint density at radius 2 is 1.10 bits per heavy atom. The van der Waals surface area contributed by atoms with Crippen LogP contribution in [0.1, 0.15) is 180 Å². The fourth-order valence-corrected chi connectivity index (χ4v) is 16.6. The number of unbranched alkanes of at least 4 members (excludes halogenated alkanes) is 4. The molecule has 0 unspecified atom stereocenters. The zero-order valence-corrected chi connectivity index (χ0v) is 79.1. The summed E-state index contributed by atoms with van der Waals surface area (Å²) in [6.07, 6.45) is 12.6. The average Bonchev–Trinajstić information content (AvgIpc) is 1.58. The zero-order valence-electron chi connectivity index (χ0n) is 76.0. The van der Waals surface area contributed by atoms with Crippen molar-refractivity contribution in [3.05, 3.63) is 217 Å². The zero-order chi connectivity index (χ0) is 95.3. The quantitative estimate of drug-likeness (QED) is 0.0117. The van der Waals surface area contributed by atoms with Gasteiger partial charge in [-0.15, -0.1) is 10.2 Å². The van der Waals surface area contributed by atoms with Gasteiger partial charge in [0.25, 0.3) is 11.8 Å². The summed E-state index contributed by atoms with van der Waals surface area (Å²) < 4.78 is 91.6. The van der Waals surface area contributed by atoms with Crippen molar-refractivity contribution < 1.29 is 84.9 Å². The normalized spacial score (nSPS) is 12.9. The molecule has 135 heavy (non-hydrogen) atoms. The monoisotopic (exact) mass is 1970 g/mol. The van der Waals surface area contributed by atoms with Crippen molar-refractivity contribution in [2.75, 3.05) is 78.6 Å². The number of fused-ring (bicyclic) bond motifs is 10. The van der Waals surface area contributed by atoms with E-state index in [2.05, 4.69) is 117 Å². The number of nitrogens with one attached hydrogen (secondary N) is 6. The number of amides is 2. The Balaban J connectivity index is 0.585. The van der Waals surface area contributed by atoms with E-state index in [0.717, 1.165) is 39.0 Å². The number of allylic oxidation sites excluding steroid dienone is 2. The molecule has 34 nitrogen and oxygen atoms in total. The van der Waals surface area contributed by atoms with Crippen LogP contribution in [-0.2, 0) is 70.8 Å². The van der Waals surface area contributed by atoms with Crippen LogP contribution in [0.25, 0.3) is 61.1 Å². The fourth-order valence-electron chi connectivity index (χ4n) is 15.9. The van der Waals surface area contributed by atoms with Crippen LogP contribution in [0.5, 0.6) is 34.5 Å². The highest BCUT2D eigenvalue weighted by Gasteiger charge is 2.35. The number of benzene rings is 5. The molecule has 7 aromatic heterocycles. The van der Waals surface area contributed by atoms with Gasteiger partial charge in [-0.1, -0.05) is 81.6 Å². The Morgan fingerprint density at radius 1 is 0.563 bits per heavy atom. The van der Waals surface area contributed by atoms with Crippen LogP contribution < -0.4 is 49.7 Å². The summed E-state index contributed by atoms with van der Waals surface area (Å²) in [4.78, 5) is 117. The van der Waals surface area contributed by atoms with E-state index in [9.17, 15) is 37.5 Å². The molecular weight excluding hydrogens is 1870 g/mol. The lowest BCUT2D eigenvalue weighted by Crippen LogP contribution is -2.29. The number of hydrogen-bond acceptors (Lipinski definition) is 28. The van der Waals surface area contributed by atoms with Crippen molar-refractivity contribution in [3.63, 3.8) is 0 Å². The molecule has 6 N–H and O–H groups in total. The van der Waals surface area contributed by atoms with Crippen LogP contribution in [0.2, 0.25) is 0 Å². The lowest BCUT2D eigenvalue weighted by molar-refractivity contribution is -0.141. The van der Waals surface area contributed by atoms with E-state index in [0.29, 0.717) is 157 Å². The second kappa shape index (κ2) is 45.6. The van der Waals surface area contributed by atoms with Crippen LogP contribution in [0.15, 0.2) is 138 Å². The Kier molecular flexibility index (Phi) is 32.8. The van der Waals surface area contributed by atoms with E-state index in [4.69, 9.17) is 57.3 Å². The Labute approximate surface area is 792 Å². The molecule has 5 aromatic carbocycles. The third-order valence-corrected chi connectivity index (χ3v) is 24.1. The largest absolute Gasteiger partial charge is 0.493 e. The molecule has 704 valence electrons. The molecule has 2 amide bonds. The number of rotatable bonds is 44. The third-order valence-electron chi connectivity index (χ3n) is 23.1. The number of ether oxygens (including phenoxy) is 10. The van der Waals surface area contributed by atoms with Gasteiger partial charge < -0.3 is 78.6 Å². The van der Waals surface area contributed by atoms with Gasteiger partial charge in [-0.3, -0.25) is 43.1 Å². The topological polar surface area (TPSA) is 413 Å².